The lowest BCUT2D eigenvalue weighted by molar-refractivity contribution is -0.141. The minimum atomic E-state index is -0.775. The molecule has 0 saturated carbocycles. The Balaban J connectivity index is 1.34. The zero-order valence-electron chi connectivity index (χ0n) is 19.9. The van der Waals surface area contributed by atoms with Crippen molar-refractivity contribution < 1.29 is 14.6 Å². The van der Waals surface area contributed by atoms with Gasteiger partial charge in [0.05, 0.1) is 12.1 Å². The number of hydrogen-bond acceptors (Lipinski definition) is 6. The van der Waals surface area contributed by atoms with E-state index < -0.39 is 12.0 Å². The molecule has 5 rings (SSSR count). The zero-order valence-corrected chi connectivity index (χ0v) is 19.9. The molecule has 7 heteroatoms. The van der Waals surface area contributed by atoms with Gasteiger partial charge < -0.3 is 15.2 Å². The van der Waals surface area contributed by atoms with E-state index in [4.69, 9.17) is 4.74 Å². The molecular weight excluding hydrogens is 452 g/mol. The van der Waals surface area contributed by atoms with Crippen LogP contribution in [0.15, 0.2) is 73.1 Å². The number of aliphatic carboxylic acids is 1. The summed E-state index contributed by atoms with van der Waals surface area (Å²) in [5.74, 6) is 7.80. The molecule has 7 nitrogen and oxygen atoms in total. The summed E-state index contributed by atoms with van der Waals surface area (Å²) in [4.78, 5) is 22.1. The molecule has 1 aromatic heterocycles. The van der Waals surface area contributed by atoms with E-state index in [9.17, 15) is 9.90 Å². The summed E-state index contributed by atoms with van der Waals surface area (Å²) in [5.41, 5.74) is 3.52. The molecule has 4 aromatic rings. The van der Waals surface area contributed by atoms with Crippen molar-refractivity contribution in [3.8, 4) is 23.3 Å². The first-order valence-electron chi connectivity index (χ1n) is 11.9. The van der Waals surface area contributed by atoms with Gasteiger partial charge in [0.25, 0.3) is 0 Å². The Labute approximate surface area is 209 Å². The number of rotatable bonds is 6. The maximum Gasteiger partial charge on any atom is 0.320 e. The van der Waals surface area contributed by atoms with Crippen molar-refractivity contribution in [2.24, 2.45) is 0 Å². The van der Waals surface area contributed by atoms with Crippen LogP contribution in [0.3, 0.4) is 0 Å². The highest BCUT2D eigenvalue weighted by atomic mass is 16.5. The lowest BCUT2D eigenvalue weighted by Crippen LogP contribution is -2.36. The van der Waals surface area contributed by atoms with E-state index in [1.165, 1.54) is 6.33 Å². The fourth-order valence-corrected chi connectivity index (χ4v) is 4.37. The minimum Gasteiger partial charge on any atom is -0.480 e. The molecule has 1 saturated heterocycles. The van der Waals surface area contributed by atoms with Crippen LogP contribution in [-0.2, 0) is 4.79 Å². The van der Waals surface area contributed by atoms with E-state index in [-0.39, 0.29) is 0 Å². The molecular formula is C29H26N4O3. The molecule has 2 N–H and O–H groups in total. The van der Waals surface area contributed by atoms with Crippen LogP contribution in [0.4, 0.5) is 11.5 Å². The molecule has 36 heavy (non-hydrogen) atoms. The number of likely N-dealkylation sites (tertiary alicyclic amines) is 1. The Morgan fingerprint density at radius 1 is 1.14 bits per heavy atom. The van der Waals surface area contributed by atoms with Crippen molar-refractivity contribution in [1.82, 2.24) is 14.9 Å². The molecule has 1 fully saturated rings. The Morgan fingerprint density at radius 3 is 2.81 bits per heavy atom. The maximum atomic E-state index is 11.4. The molecule has 0 amide bonds. The number of carbonyl (C=O) groups is 1. The second kappa shape index (κ2) is 10.5. The van der Waals surface area contributed by atoms with Gasteiger partial charge in [0.15, 0.2) is 0 Å². The Kier molecular flexibility index (Phi) is 6.78. The molecule has 3 aromatic carbocycles. The molecule has 2 heterocycles. The number of aryl methyl sites for hydroxylation is 1. The van der Waals surface area contributed by atoms with Crippen molar-refractivity contribution in [3.05, 3.63) is 84.2 Å². The highest BCUT2D eigenvalue weighted by molar-refractivity contribution is 5.91. The quantitative estimate of drug-likeness (QED) is 0.360. The number of benzene rings is 3. The Bertz CT molecular complexity index is 1460. The first-order chi connectivity index (χ1) is 17.6. The van der Waals surface area contributed by atoms with Crippen molar-refractivity contribution in [2.45, 2.75) is 25.8 Å². The van der Waals surface area contributed by atoms with Crippen molar-refractivity contribution in [3.63, 3.8) is 0 Å². The Morgan fingerprint density at radius 2 is 2.00 bits per heavy atom. The van der Waals surface area contributed by atoms with E-state index in [2.05, 4.69) is 27.1 Å². The summed E-state index contributed by atoms with van der Waals surface area (Å²) in [6.45, 7) is 3.20. The summed E-state index contributed by atoms with van der Waals surface area (Å²) in [6, 6.07) is 21.0. The van der Waals surface area contributed by atoms with Gasteiger partial charge in [0.2, 0.25) is 0 Å². The lowest BCUT2D eigenvalue weighted by Gasteiger charge is -2.17. The van der Waals surface area contributed by atoms with Gasteiger partial charge in [-0.25, -0.2) is 9.97 Å². The Hall–Kier alpha value is -4.41. The van der Waals surface area contributed by atoms with Gasteiger partial charge in [-0.15, -0.1) is 0 Å². The number of fused-ring (bicyclic) bond motifs is 1. The molecule has 0 spiro atoms. The highest BCUT2D eigenvalue weighted by Crippen LogP contribution is 2.30. The number of para-hydroxylation sites is 1. The molecule has 180 valence electrons. The van der Waals surface area contributed by atoms with Crippen LogP contribution in [0.5, 0.6) is 11.5 Å². The topological polar surface area (TPSA) is 87.6 Å². The van der Waals surface area contributed by atoms with Gasteiger partial charge in [-0.3, -0.25) is 9.69 Å². The first-order valence-corrected chi connectivity index (χ1v) is 11.9. The fraction of sp³-hybridized carbons (Fsp3) is 0.207. The number of aromatic nitrogens is 2. The maximum absolute atomic E-state index is 11.4. The predicted molar refractivity (Wildman–Crippen MR) is 140 cm³/mol. The third-order valence-corrected chi connectivity index (χ3v) is 6.21. The van der Waals surface area contributed by atoms with Gasteiger partial charge in [-0.05, 0) is 73.9 Å². The largest absolute Gasteiger partial charge is 0.480 e. The van der Waals surface area contributed by atoms with E-state index >= 15 is 0 Å². The van der Waals surface area contributed by atoms with E-state index in [0.717, 1.165) is 52.2 Å². The van der Waals surface area contributed by atoms with E-state index in [1.54, 1.807) is 0 Å². The van der Waals surface area contributed by atoms with Crippen LogP contribution in [-0.4, -0.2) is 45.1 Å². The number of carboxylic acid groups (broad SMARTS) is 1. The van der Waals surface area contributed by atoms with Crippen molar-refractivity contribution >= 4 is 28.4 Å². The van der Waals surface area contributed by atoms with Gasteiger partial charge in [-0.1, -0.05) is 30.0 Å². The SMILES string of the molecule is Cc1cc(Nc2ncnc3ccc(C#CCN4CCCC4C(=O)O)cc23)ccc1Oc1ccccc1. The second-order valence-corrected chi connectivity index (χ2v) is 8.74. The summed E-state index contributed by atoms with van der Waals surface area (Å²) in [7, 11) is 0. The molecule has 1 aliphatic heterocycles. The summed E-state index contributed by atoms with van der Waals surface area (Å²) < 4.78 is 5.99. The smallest absolute Gasteiger partial charge is 0.320 e. The summed E-state index contributed by atoms with van der Waals surface area (Å²) in [6.07, 6.45) is 3.10. The van der Waals surface area contributed by atoms with Crippen molar-refractivity contribution in [2.75, 3.05) is 18.4 Å². The molecule has 0 aliphatic carbocycles. The minimum absolute atomic E-state index is 0.433. The van der Waals surface area contributed by atoms with Crippen LogP contribution in [0.25, 0.3) is 10.9 Å². The average Bonchev–Trinajstić information content (AvgIpc) is 3.36. The summed E-state index contributed by atoms with van der Waals surface area (Å²) in [5, 5.41) is 13.6. The van der Waals surface area contributed by atoms with Gasteiger partial charge >= 0.3 is 5.97 Å². The van der Waals surface area contributed by atoms with Crippen molar-refractivity contribution in [1.29, 1.82) is 0 Å². The molecule has 1 aliphatic rings. The molecule has 1 atom stereocenters. The van der Waals surface area contributed by atoms with E-state index in [1.807, 2.05) is 78.6 Å². The third-order valence-electron chi connectivity index (χ3n) is 6.21. The summed E-state index contributed by atoms with van der Waals surface area (Å²) >= 11 is 0. The zero-order chi connectivity index (χ0) is 24.9. The van der Waals surface area contributed by atoms with Crippen LogP contribution in [0.1, 0.15) is 24.0 Å². The monoisotopic (exact) mass is 478 g/mol. The van der Waals surface area contributed by atoms with Crippen LogP contribution >= 0.6 is 0 Å². The van der Waals surface area contributed by atoms with Gasteiger partial charge in [0, 0.05) is 23.2 Å². The molecule has 0 radical (unpaired) electrons. The molecule has 0 bridgehead atoms. The standard InChI is InChI=1S/C29H26N4O3/c1-20-17-22(12-14-27(20)36-23-8-3-2-4-9-23)32-28-24-18-21(11-13-25(24)30-19-31-28)7-5-15-33-16-6-10-26(33)29(34)35/h2-4,8-9,11-14,17-19,26H,6,10,15-16H2,1H3,(H,34,35)(H,30,31,32). The van der Waals surface area contributed by atoms with Crippen LogP contribution in [0, 0.1) is 18.8 Å². The second-order valence-electron chi connectivity index (χ2n) is 8.74. The number of nitrogens with zero attached hydrogens (tertiary/aromatic N) is 3. The van der Waals surface area contributed by atoms with Gasteiger partial charge in [-0.2, -0.15) is 0 Å². The average molecular weight is 479 g/mol. The molecule has 1 unspecified atom stereocenters. The fourth-order valence-electron chi connectivity index (χ4n) is 4.37. The number of hydrogen-bond donors (Lipinski definition) is 2. The third kappa shape index (κ3) is 5.29. The van der Waals surface area contributed by atoms with Crippen LogP contribution in [0.2, 0.25) is 0 Å². The van der Waals surface area contributed by atoms with Gasteiger partial charge in [0.1, 0.15) is 29.7 Å². The highest BCUT2D eigenvalue weighted by Gasteiger charge is 2.29. The number of carboxylic acids is 1. The van der Waals surface area contributed by atoms with E-state index in [0.29, 0.717) is 18.8 Å². The number of nitrogens with one attached hydrogen (secondary N) is 1. The number of anilines is 2. The first kappa shape index (κ1) is 23.3. The lowest BCUT2D eigenvalue weighted by atomic mass is 10.1. The number of ether oxygens (including phenoxy) is 1. The van der Waals surface area contributed by atoms with Crippen LogP contribution < -0.4 is 10.1 Å². The predicted octanol–water partition coefficient (Wildman–Crippen LogP) is 5.37. The normalized spacial score (nSPS) is 15.3.